The van der Waals surface area contributed by atoms with Gasteiger partial charge in [0.25, 0.3) is 0 Å². The van der Waals surface area contributed by atoms with Crippen molar-refractivity contribution >= 4 is 45.7 Å². The fourth-order valence-electron chi connectivity index (χ4n) is 1.63. The van der Waals surface area contributed by atoms with Crippen LogP contribution in [0.2, 0.25) is 10.0 Å². The van der Waals surface area contributed by atoms with Crippen LogP contribution < -0.4 is 5.32 Å². The Labute approximate surface area is 112 Å². The molecule has 0 amide bonds. The van der Waals surface area contributed by atoms with Crippen LogP contribution in [0.5, 0.6) is 0 Å². The molecule has 0 spiro atoms. The van der Waals surface area contributed by atoms with Gasteiger partial charge in [0, 0.05) is 15.7 Å². The molecule has 0 aliphatic carbocycles. The summed E-state index contributed by atoms with van der Waals surface area (Å²) in [5, 5.41) is 11.7. The molecule has 1 aromatic carbocycles. The number of H-pyrrole nitrogens is 1. The van der Waals surface area contributed by atoms with E-state index in [1.54, 1.807) is 24.4 Å². The van der Waals surface area contributed by atoms with Crippen molar-refractivity contribution < 1.29 is 0 Å². The van der Waals surface area contributed by atoms with Crippen LogP contribution in [0.1, 0.15) is 0 Å². The molecule has 7 heteroatoms. The molecule has 2 N–H and O–H groups in total. The van der Waals surface area contributed by atoms with Gasteiger partial charge in [-0.3, -0.25) is 5.10 Å². The highest BCUT2D eigenvalue weighted by Gasteiger charge is 2.06. The number of benzene rings is 1. The van der Waals surface area contributed by atoms with Gasteiger partial charge in [0.15, 0.2) is 5.65 Å². The second-order valence-electron chi connectivity index (χ2n) is 3.64. The maximum Gasteiger partial charge on any atom is 0.160 e. The predicted octanol–water partition coefficient (Wildman–Crippen LogP) is 3.40. The number of nitrogens with zero attached hydrogens (tertiary/aromatic N) is 3. The Morgan fingerprint density at radius 1 is 1.06 bits per heavy atom. The molecule has 2 aromatic heterocycles. The first-order valence-electron chi connectivity index (χ1n) is 5.09. The molecule has 5 nitrogen and oxygen atoms in total. The number of nitrogens with one attached hydrogen (secondary N) is 2. The van der Waals surface area contributed by atoms with Gasteiger partial charge in [-0.1, -0.05) is 23.2 Å². The van der Waals surface area contributed by atoms with Crippen molar-refractivity contribution in [2.24, 2.45) is 0 Å². The van der Waals surface area contributed by atoms with Crippen LogP contribution >= 0.6 is 23.2 Å². The summed E-state index contributed by atoms with van der Waals surface area (Å²) < 4.78 is 0. The van der Waals surface area contributed by atoms with E-state index in [2.05, 4.69) is 25.5 Å². The Balaban J connectivity index is 2.03. The number of hydrogen-bond acceptors (Lipinski definition) is 4. The van der Waals surface area contributed by atoms with Crippen LogP contribution in [0.15, 0.2) is 30.7 Å². The summed E-state index contributed by atoms with van der Waals surface area (Å²) in [6.45, 7) is 0. The van der Waals surface area contributed by atoms with Crippen molar-refractivity contribution in [3.8, 4) is 0 Å². The largest absolute Gasteiger partial charge is 0.339 e. The molecule has 0 fully saturated rings. The highest BCUT2D eigenvalue weighted by Crippen LogP contribution is 2.26. The smallest absolute Gasteiger partial charge is 0.160 e. The lowest BCUT2D eigenvalue weighted by atomic mass is 10.3. The monoisotopic (exact) mass is 279 g/mol. The Morgan fingerprint density at radius 2 is 1.83 bits per heavy atom. The number of hydrogen-bond donors (Lipinski definition) is 2. The van der Waals surface area contributed by atoms with E-state index in [-0.39, 0.29) is 0 Å². The Bertz CT molecular complexity index is 689. The highest BCUT2D eigenvalue weighted by atomic mass is 35.5. The molecule has 0 bridgehead atoms. The standard InChI is InChI=1S/C11H7Cl2N5/c12-6-1-7(13)3-8(2-6)17-10-9-4-16-18-11(9)15-5-14-10/h1-5H,(H2,14,15,16,17,18). The summed E-state index contributed by atoms with van der Waals surface area (Å²) in [6.07, 6.45) is 3.11. The van der Waals surface area contributed by atoms with E-state index in [1.165, 1.54) is 6.33 Å². The van der Waals surface area contributed by atoms with Crippen LogP contribution in [0.25, 0.3) is 11.0 Å². The van der Waals surface area contributed by atoms with E-state index in [4.69, 9.17) is 23.2 Å². The van der Waals surface area contributed by atoms with E-state index in [1.807, 2.05) is 0 Å². The van der Waals surface area contributed by atoms with E-state index in [9.17, 15) is 0 Å². The fraction of sp³-hybridized carbons (Fsp3) is 0. The molecule has 0 aliphatic rings. The highest BCUT2D eigenvalue weighted by molar-refractivity contribution is 6.35. The summed E-state index contributed by atoms with van der Waals surface area (Å²) in [7, 11) is 0. The molecular formula is C11H7Cl2N5. The molecule has 2 heterocycles. The second kappa shape index (κ2) is 4.44. The number of halogens is 2. The van der Waals surface area contributed by atoms with E-state index < -0.39 is 0 Å². The van der Waals surface area contributed by atoms with Crippen molar-refractivity contribution in [2.75, 3.05) is 5.32 Å². The van der Waals surface area contributed by atoms with Crippen LogP contribution in [0, 0.1) is 0 Å². The summed E-state index contributed by atoms with van der Waals surface area (Å²) in [5.41, 5.74) is 1.43. The van der Waals surface area contributed by atoms with Crippen LogP contribution in [0.4, 0.5) is 11.5 Å². The summed E-state index contributed by atoms with van der Waals surface area (Å²) in [6, 6.07) is 5.20. The van der Waals surface area contributed by atoms with Gasteiger partial charge in [0.2, 0.25) is 0 Å². The van der Waals surface area contributed by atoms with Crippen molar-refractivity contribution in [2.45, 2.75) is 0 Å². The average Bonchev–Trinajstić information content (AvgIpc) is 2.76. The molecule has 0 saturated heterocycles. The van der Waals surface area contributed by atoms with E-state index >= 15 is 0 Å². The third-order valence-corrected chi connectivity index (χ3v) is 2.81. The lowest BCUT2D eigenvalue weighted by Crippen LogP contribution is -1.95. The van der Waals surface area contributed by atoms with Gasteiger partial charge in [-0.25, -0.2) is 9.97 Å². The number of fused-ring (bicyclic) bond motifs is 1. The van der Waals surface area contributed by atoms with Crippen molar-refractivity contribution in [3.63, 3.8) is 0 Å². The fourth-order valence-corrected chi connectivity index (χ4v) is 2.15. The second-order valence-corrected chi connectivity index (χ2v) is 4.51. The number of anilines is 2. The van der Waals surface area contributed by atoms with Crippen molar-refractivity contribution in [1.82, 2.24) is 20.2 Å². The Kier molecular flexibility index (Phi) is 2.77. The minimum absolute atomic E-state index is 0.558. The first kappa shape index (κ1) is 11.3. The minimum atomic E-state index is 0.558. The normalized spacial score (nSPS) is 10.8. The molecule has 18 heavy (non-hydrogen) atoms. The molecule has 90 valence electrons. The molecule has 0 atom stereocenters. The zero-order valence-electron chi connectivity index (χ0n) is 8.98. The SMILES string of the molecule is Clc1cc(Cl)cc(Nc2ncnc3[nH]ncc23)c1. The molecule has 0 unspecified atom stereocenters. The molecular weight excluding hydrogens is 273 g/mol. The van der Waals surface area contributed by atoms with Crippen LogP contribution in [0.3, 0.4) is 0 Å². The third kappa shape index (κ3) is 2.10. The Hall–Kier alpha value is -1.85. The third-order valence-electron chi connectivity index (χ3n) is 2.37. The maximum atomic E-state index is 5.94. The van der Waals surface area contributed by atoms with Crippen molar-refractivity contribution in [3.05, 3.63) is 40.8 Å². The van der Waals surface area contributed by atoms with Gasteiger partial charge in [-0.05, 0) is 18.2 Å². The summed E-state index contributed by atoms with van der Waals surface area (Å²) in [4.78, 5) is 8.22. The lowest BCUT2D eigenvalue weighted by Gasteiger charge is -2.06. The Morgan fingerprint density at radius 3 is 2.61 bits per heavy atom. The average molecular weight is 280 g/mol. The number of aromatic amines is 1. The molecule has 0 radical (unpaired) electrons. The summed E-state index contributed by atoms with van der Waals surface area (Å²) >= 11 is 11.9. The molecule has 3 rings (SSSR count). The van der Waals surface area contributed by atoms with Gasteiger partial charge < -0.3 is 5.32 Å². The quantitative estimate of drug-likeness (QED) is 0.755. The summed E-state index contributed by atoms with van der Waals surface area (Å²) in [5.74, 6) is 0.645. The van der Waals surface area contributed by atoms with Crippen molar-refractivity contribution in [1.29, 1.82) is 0 Å². The first-order valence-corrected chi connectivity index (χ1v) is 5.85. The van der Waals surface area contributed by atoms with Crippen LogP contribution in [-0.4, -0.2) is 20.2 Å². The van der Waals surface area contributed by atoms with Gasteiger partial charge in [0.05, 0.1) is 11.6 Å². The van der Waals surface area contributed by atoms with E-state index in [0.717, 1.165) is 11.1 Å². The van der Waals surface area contributed by atoms with Crippen LogP contribution in [-0.2, 0) is 0 Å². The first-order chi connectivity index (χ1) is 8.72. The zero-order chi connectivity index (χ0) is 12.5. The van der Waals surface area contributed by atoms with Gasteiger partial charge in [0.1, 0.15) is 12.1 Å². The van der Waals surface area contributed by atoms with E-state index in [0.29, 0.717) is 21.5 Å². The predicted molar refractivity (Wildman–Crippen MR) is 71.4 cm³/mol. The molecule has 0 aliphatic heterocycles. The van der Waals surface area contributed by atoms with Gasteiger partial charge >= 0.3 is 0 Å². The topological polar surface area (TPSA) is 66.5 Å². The minimum Gasteiger partial charge on any atom is -0.339 e. The number of aromatic nitrogens is 4. The number of rotatable bonds is 2. The van der Waals surface area contributed by atoms with Gasteiger partial charge in [-0.15, -0.1) is 0 Å². The molecule has 0 saturated carbocycles. The molecule has 3 aromatic rings. The maximum absolute atomic E-state index is 5.94. The van der Waals surface area contributed by atoms with Gasteiger partial charge in [-0.2, -0.15) is 5.10 Å². The lowest BCUT2D eigenvalue weighted by molar-refractivity contribution is 1.09. The zero-order valence-corrected chi connectivity index (χ0v) is 10.5.